The van der Waals surface area contributed by atoms with Crippen molar-refractivity contribution in [3.63, 3.8) is 0 Å². The van der Waals surface area contributed by atoms with Crippen LogP contribution in [-0.2, 0) is 4.74 Å². The smallest absolute Gasteiger partial charge is 0.195 e. The van der Waals surface area contributed by atoms with Crippen molar-refractivity contribution < 1.29 is 4.74 Å². The number of hydrogen-bond acceptors (Lipinski definition) is 3. The monoisotopic (exact) mass is 256 g/mol. The molecule has 0 spiro atoms. The Morgan fingerprint density at radius 2 is 1.83 bits per heavy atom. The lowest BCUT2D eigenvalue weighted by Gasteiger charge is -2.38. The van der Waals surface area contributed by atoms with Gasteiger partial charge in [0.25, 0.3) is 0 Å². The van der Waals surface area contributed by atoms with Crippen LogP contribution in [0.3, 0.4) is 0 Å². The van der Waals surface area contributed by atoms with E-state index in [2.05, 4.69) is 23.7 Å². The number of ether oxygens (including phenoxy) is 1. The predicted octanol–water partition coefficient (Wildman–Crippen LogP) is 0.576. The molecule has 0 saturated carbocycles. The second-order valence-corrected chi connectivity index (χ2v) is 5.85. The maximum Gasteiger partial charge on any atom is 0.195 e. The van der Waals surface area contributed by atoms with Crippen molar-refractivity contribution in [2.45, 2.75) is 19.4 Å². The number of guanidine groups is 1. The minimum Gasteiger partial charge on any atom is -0.373 e. The molecule has 5 heteroatoms. The van der Waals surface area contributed by atoms with Gasteiger partial charge in [0, 0.05) is 47.8 Å². The van der Waals surface area contributed by atoms with Crippen LogP contribution in [0.1, 0.15) is 13.8 Å². The summed E-state index contributed by atoms with van der Waals surface area (Å²) in [7, 11) is 8.10. The fourth-order valence-electron chi connectivity index (χ4n) is 2.28. The zero-order valence-corrected chi connectivity index (χ0v) is 12.7. The first-order chi connectivity index (χ1) is 8.32. The summed E-state index contributed by atoms with van der Waals surface area (Å²) in [5.41, 5.74) is -0.0200. The van der Waals surface area contributed by atoms with Crippen LogP contribution in [-0.4, -0.2) is 87.2 Å². The van der Waals surface area contributed by atoms with E-state index in [0.717, 1.165) is 38.7 Å². The van der Waals surface area contributed by atoms with Crippen molar-refractivity contribution in [1.29, 1.82) is 0 Å². The molecule has 0 amide bonds. The number of nitrogens with zero attached hydrogens (tertiary/aromatic N) is 4. The molecule has 0 radical (unpaired) electrons. The molecule has 0 aliphatic carbocycles. The van der Waals surface area contributed by atoms with Gasteiger partial charge >= 0.3 is 0 Å². The first-order valence-corrected chi connectivity index (χ1v) is 6.57. The van der Waals surface area contributed by atoms with Gasteiger partial charge in [0.2, 0.25) is 0 Å². The van der Waals surface area contributed by atoms with Crippen molar-refractivity contribution in [2.24, 2.45) is 4.99 Å². The van der Waals surface area contributed by atoms with Gasteiger partial charge in [-0.2, -0.15) is 0 Å². The lowest BCUT2D eigenvalue weighted by Crippen LogP contribution is -2.49. The Labute approximate surface area is 111 Å². The van der Waals surface area contributed by atoms with E-state index in [1.807, 2.05) is 38.0 Å². The van der Waals surface area contributed by atoms with Crippen molar-refractivity contribution in [1.82, 2.24) is 14.7 Å². The highest BCUT2D eigenvalue weighted by molar-refractivity contribution is 5.79. The van der Waals surface area contributed by atoms with Crippen molar-refractivity contribution in [2.75, 3.05) is 61.0 Å². The lowest BCUT2D eigenvalue weighted by atomic mass is 10.1. The van der Waals surface area contributed by atoms with E-state index < -0.39 is 0 Å². The summed E-state index contributed by atoms with van der Waals surface area (Å²) in [5, 5.41) is 0. The van der Waals surface area contributed by atoms with E-state index in [1.165, 1.54) is 0 Å². The van der Waals surface area contributed by atoms with Crippen LogP contribution < -0.4 is 0 Å². The predicted molar refractivity (Wildman–Crippen MR) is 76.1 cm³/mol. The minimum absolute atomic E-state index is 0.0200. The van der Waals surface area contributed by atoms with E-state index in [9.17, 15) is 0 Å². The second-order valence-electron chi connectivity index (χ2n) is 5.85. The molecular formula is C13H28N4O. The molecule has 0 N–H and O–H groups in total. The summed E-state index contributed by atoms with van der Waals surface area (Å²) in [4.78, 5) is 11.2. The van der Waals surface area contributed by atoms with Crippen LogP contribution in [0.15, 0.2) is 4.99 Å². The zero-order valence-electron chi connectivity index (χ0n) is 12.7. The summed E-state index contributed by atoms with van der Waals surface area (Å²) in [5.74, 6) is 1.02. The SMILES string of the molecule is CN(C)C(=NCCN1CCOC(C)(C)C1)N(C)C. The summed E-state index contributed by atoms with van der Waals surface area (Å²) >= 11 is 0. The van der Waals surface area contributed by atoms with Gasteiger partial charge in [-0.3, -0.25) is 9.89 Å². The molecule has 106 valence electrons. The lowest BCUT2D eigenvalue weighted by molar-refractivity contribution is -0.0850. The van der Waals surface area contributed by atoms with E-state index in [4.69, 9.17) is 4.74 Å². The van der Waals surface area contributed by atoms with Gasteiger partial charge in [-0.25, -0.2) is 0 Å². The van der Waals surface area contributed by atoms with Gasteiger partial charge in [-0.15, -0.1) is 0 Å². The Bertz CT molecular complexity index is 277. The average Bonchev–Trinajstić information content (AvgIpc) is 2.21. The van der Waals surface area contributed by atoms with Crippen molar-refractivity contribution in [3.05, 3.63) is 0 Å². The molecule has 0 bridgehead atoms. The Kier molecular flexibility index (Phi) is 5.41. The average molecular weight is 256 g/mol. The van der Waals surface area contributed by atoms with Gasteiger partial charge in [0.05, 0.1) is 18.8 Å². The summed E-state index contributed by atoms with van der Waals surface area (Å²) < 4.78 is 5.71. The third-order valence-corrected chi connectivity index (χ3v) is 2.97. The molecule has 1 aliphatic rings. The maximum atomic E-state index is 5.71. The Balaban J connectivity index is 2.43. The second kappa shape index (κ2) is 6.38. The quantitative estimate of drug-likeness (QED) is 0.546. The third-order valence-electron chi connectivity index (χ3n) is 2.97. The van der Waals surface area contributed by atoms with Crippen LogP contribution in [0.25, 0.3) is 0 Å². The standard InChI is InChI=1S/C13H28N4O/c1-13(2)11-17(9-10-18-13)8-7-14-12(15(3)4)16(5)6/h7-11H2,1-6H3. The van der Waals surface area contributed by atoms with E-state index in [0.29, 0.717) is 0 Å². The first kappa shape index (κ1) is 15.2. The summed E-state index contributed by atoms with van der Waals surface area (Å²) in [6, 6.07) is 0. The molecule has 0 unspecified atom stereocenters. The molecule has 1 aliphatic heterocycles. The van der Waals surface area contributed by atoms with Gasteiger partial charge in [-0.05, 0) is 13.8 Å². The summed E-state index contributed by atoms with van der Waals surface area (Å²) in [6.07, 6.45) is 0. The molecular weight excluding hydrogens is 228 g/mol. The van der Waals surface area contributed by atoms with Crippen LogP contribution in [0.2, 0.25) is 0 Å². The molecule has 1 saturated heterocycles. The van der Waals surface area contributed by atoms with E-state index in [-0.39, 0.29) is 5.60 Å². The molecule has 1 fully saturated rings. The summed E-state index contributed by atoms with van der Waals surface area (Å²) in [6.45, 7) is 8.95. The number of morpholine rings is 1. The number of rotatable bonds is 3. The first-order valence-electron chi connectivity index (χ1n) is 6.57. The normalized spacial score (nSPS) is 19.4. The highest BCUT2D eigenvalue weighted by Gasteiger charge is 2.26. The molecule has 5 nitrogen and oxygen atoms in total. The van der Waals surface area contributed by atoms with Crippen molar-refractivity contribution >= 4 is 5.96 Å². The molecule has 0 atom stereocenters. The Morgan fingerprint density at radius 1 is 1.22 bits per heavy atom. The molecule has 0 aromatic heterocycles. The molecule has 18 heavy (non-hydrogen) atoms. The van der Waals surface area contributed by atoms with E-state index >= 15 is 0 Å². The fraction of sp³-hybridized carbons (Fsp3) is 0.923. The Morgan fingerprint density at radius 3 is 2.33 bits per heavy atom. The Hall–Kier alpha value is -0.810. The van der Waals surface area contributed by atoms with Crippen molar-refractivity contribution in [3.8, 4) is 0 Å². The highest BCUT2D eigenvalue weighted by atomic mass is 16.5. The van der Waals surface area contributed by atoms with Gasteiger partial charge < -0.3 is 14.5 Å². The minimum atomic E-state index is -0.0200. The van der Waals surface area contributed by atoms with Crippen LogP contribution in [0.4, 0.5) is 0 Å². The van der Waals surface area contributed by atoms with Crippen LogP contribution >= 0.6 is 0 Å². The molecule has 1 rings (SSSR count). The van der Waals surface area contributed by atoms with E-state index in [1.54, 1.807) is 0 Å². The third kappa shape index (κ3) is 4.82. The van der Waals surface area contributed by atoms with Gasteiger partial charge in [0.1, 0.15) is 0 Å². The van der Waals surface area contributed by atoms with Crippen LogP contribution in [0, 0.1) is 0 Å². The zero-order chi connectivity index (χ0) is 13.8. The fourth-order valence-corrected chi connectivity index (χ4v) is 2.28. The largest absolute Gasteiger partial charge is 0.373 e. The molecule has 1 heterocycles. The van der Waals surface area contributed by atoms with Gasteiger partial charge in [-0.1, -0.05) is 0 Å². The maximum absolute atomic E-state index is 5.71. The van der Waals surface area contributed by atoms with Gasteiger partial charge in [0.15, 0.2) is 5.96 Å². The number of aliphatic imine (C=N–C) groups is 1. The highest BCUT2D eigenvalue weighted by Crippen LogP contribution is 2.15. The number of hydrogen-bond donors (Lipinski definition) is 0. The van der Waals surface area contributed by atoms with Crippen LogP contribution in [0.5, 0.6) is 0 Å². The molecule has 0 aromatic rings. The topological polar surface area (TPSA) is 31.3 Å². The molecule has 0 aromatic carbocycles.